The third kappa shape index (κ3) is 2.95. The average Bonchev–Trinajstić information content (AvgIpc) is 2.76. The van der Waals surface area contributed by atoms with Gasteiger partial charge in [-0.05, 0) is 42.0 Å². The minimum Gasteiger partial charge on any atom is -0.468 e. The van der Waals surface area contributed by atoms with Gasteiger partial charge < -0.3 is 4.74 Å². The van der Waals surface area contributed by atoms with Crippen molar-refractivity contribution in [1.29, 1.82) is 0 Å². The van der Waals surface area contributed by atoms with Gasteiger partial charge in [-0.1, -0.05) is 19.9 Å². The fourth-order valence-electron chi connectivity index (χ4n) is 2.64. The lowest BCUT2D eigenvalue weighted by Crippen LogP contribution is -2.43. The molecule has 0 aliphatic heterocycles. The zero-order valence-corrected chi connectivity index (χ0v) is 11.6. The SMILES string of the molecule is COC(=O)C(NC1CCc2cc(F)ccc21)C(C)C. The summed E-state index contributed by atoms with van der Waals surface area (Å²) in [4.78, 5) is 11.8. The molecule has 0 aromatic heterocycles. The Balaban J connectivity index is 2.15. The number of carbonyl (C=O) groups is 1. The first-order valence-electron chi connectivity index (χ1n) is 6.65. The maximum atomic E-state index is 13.2. The lowest BCUT2D eigenvalue weighted by atomic mass is 10.0. The fraction of sp³-hybridized carbons (Fsp3) is 0.533. The Hall–Kier alpha value is -1.42. The van der Waals surface area contributed by atoms with Gasteiger partial charge in [-0.25, -0.2) is 4.39 Å². The van der Waals surface area contributed by atoms with Gasteiger partial charge in [0.2, 0.25) is 0 Å². The molecule has 0 saturated carbocycles. The number of carbonyl (C=O) groups excluding carboxylic acids is 1. The molecule has 1 N–H and O–H groups in total. The molecule has 0 amide bonds. The number of fused-ring (bicyclic) bond motifs is 1. The van der Waals surface area contributed by atoms with Crippen LogP contribution in [0.15, 0.2) is 18.2 Å². The number of nitrogens with one attached hydrogen (secondary N) is 1. The molecule has 0 saturated heterocycles. The Morgan fingerprint density at radius 1 is 1.47 bits per heavy atom. The fourth-order valence-corrected chi connectivity index (χ4v) is 2.64. The molecule has 2 rings (SSSR count). The molecule has 2 unspecified atom stereocenters. The largest absolute Gasteiger partial charge is 0.468 e. The molecule has 104 valence electrons. The predicted molar refractivity (Wildman–Crippen MR) is 71.2 cm³/mol. The molecule has 1 aliphatic rings. The Labute approximate surface area is 113 Å². The van der Waals surface area contributed by atoms with Gasteiger partial charge in [-0.2, -0.15) is 0 Å². The first-order valence-corrected chi connectivity index (χ1v) is 6.65. The summed E-state index contributed by atoms with van der Waals surface area (Å²) in [5.41, 5.74) is 2.13. The minimum atomic E-state index is -0.328. The zero-order valence-electron chi connectivity index (χ0n) is 11.6. The van der Waals surface area contributed by atoms with Crippen LogP contribution in [-0.4, -0.2) is 19.1 Å². The highest BCUT2D eigenvalue weighted by Crippen LogP contribution is 2.32. The summed E-state index contributed by atoms with van der Waals surface area (Å²) in [7, 11) is 1.40. The first-order chi connectivity index (χ1) is 9.02. The van der Waals surface area contributed by atoms with Crippen molar-refractivity contribution in [3.63, 3.8) is 0 Å². The second-order valence-electron chi connectivity index (χ2n) is 5.35. The lowest BCUT2D eigenvalue weighted by molar-refractivity contribution is -0.144. The van der Waals surface area contributed by atoms with E-state index in [4.69, 9.17) is 4.74 Å². The van der Waals surface area contributed by atoms with Crippen LogP contribution >= 0.6 is 0 Å². The van der Waals surface area contributed by atoms with Crippen molar-refractivity contribution in [3.05, 3.63) is 35.1 Å². The van der Waals surface area contributed by atoms with Gasteiger partial charge in [0, 0.05) is 6.04 Å². The molecular weight excluding hydrogens is 245 g/mol. The van der Waals surface area contributed by atoms with E-state index in [1.165, 1.54) is 13.2 Å². The van der Waals surface area contributed by atoms with Gasteiger partial charge in [-0.3, -0.25) is 10.1 Å². The summed E-state index contributed by atoms with van der Waals surface area (Å²) in [6.45, 7) is 3.96. The quantitative estimate of drug-likeness (QED) is 0.850. The van der Waals surface area contributed by atoms with E-state index in [-0.39, 0.29) is 29.8 Å². The molecule has 3 nitrogen and oxygen atoms in total. The summed E-state index contributed by atoms with van der Waals surface area (Å²) in [6.07, 6.45) is 1.73. The Kier molecular flexibility index (Phi) is 4.20. The number of benzene rings is 1. The zero-order chi connectivity index (χ0) is 14.0. The highest BCUT2D eigenvalue weighted by Gasteiger charge is 2.30. The van der Waals surface area contributed by atoms with E-state index in [1.807, 2.05) is 19.9 Å². The van der Waals surface area contributed by atoms with E-state index >= 15 is 0 Å². The topological polar surface area (TPSA) is 38.3 Å². The van der Waals surface area contributed by atoms with Crippen molar-refractivity contribution in [2.24, 2.45) is 5.92 Å². The number of hydrogen-bond donors (Lipinski definition) is 1. The number of methoxy groups -OCH3 is 1. The van der Waals surface area contributed by atoms with E-state index < -0.39 is 0 Å². The molecule has 0 radical (unpaired) electrons. The normalized spacial score (nSPS) is 19.3. The monoisotopic (exact) mass is 265 g/mol. The number of rotatable bonds is 4. The van der Waals surface area contributed by atoms with Crippen LogP contribution in [0.2, 0.25) is 0 Å². The summed E-state index contributed by atoms with van der Waals surface area (Å²) < 4.78 is 18.0. The van der Waals surface area contributed by atoms with Crippen LogP contribution in [0.3, 0.4) is 0 Å². The van der Waals surface area contributed by atoms with Crippen LogP contribution in [0.5, 0.6) is 0 Å². The number of halogens is 1. The molecule has 1 aliphatic carbocycles. The summed E-state index contributed by atoms with van der Waals surface area (Å²) in [6, 6.07) is 4.64. The van der Waals surface area contributed by atoms with Gasteiger partial charge in [0.05, 0.1) is 7.11 Å². The molecule has 2 atom stereocenters. The summed E-state index contributed by atoms with van der Waals surface area (Å²) >= 11 is 0. The van der Waals surface area contributed by atoms with Gasteiger partial charge in [0.25, 0.3) is 0 Å². The van der Waals surface area contributed by atoms with Crippen LogP contribution in [0, 0.1) is 11.7 Å². The second kappa shape index (κ2) is 5.70. The van der Waals surface area contributed by atoms with Crippen molar-refractivity contribution < 1.29 is 13.9 Å². The van der Waals surface area contributed by atoms with Crippen LogP contribution in [0.25, 0.3) is 0 Å². The average molecular weight is 265 g/mol. The standard InChI is InChI=1S/C15H20FNO2/c1-9(2)14(15(18)19-3)17-13-7-4-10-8-11(16)5-6-12(10)13/h5-6,8-9,13-14,17H,4,7H2,1-3H3. The third-order valence-corrected chi connectivity index (χ3v) is 3.69. The van der Waals surface area contributed by atoms with Crippen molar-refractivity contribution in [1.82, 2.24) is 5.32 Å². The molecule has 0 fully saturated rings. The maximum Gasteiger partial charge on any atom is 0.323 e. The molecule has 4 heteroatoms. The Morgan fingerprint density at radius 3 is 2.84 bits per heavy atom. The van der Waals surface area contributed by atoms with E-state index in [1.54, 1.807) is 6.07 Å². The molecule has 1 aromatic carbocycles. The smallest absolute Gasteiger partial charge is 0.323 e. The van der Waals surface area contributed by atoms with Crippen LogP contribution in [-0.2, 0) is 16.0 Å². The number of aryl methyl sites for hydroxylation is 1. The van der Waals surface area contributed by atoms with E-state index in [9.17, 15) is 9.18 Å². The molecule has 0 bridgehead atoms. The maximum absolute atomic E-state index is 13.2. The number of hydrogen-bond acceptors (Lipinski definition) is 3. The molecule has 0 heterocycles. The van der Waals surface area contributed by atoms with Gasteiger partial charge in [0.15, 0.2) is 0 Å². The summed E-state index contributed by atoms with van der Waals surface area (Å²) in [5, 5.41) is 3.34. The van der Waals surface area contributed by atoms with Crippen LogP contribution in [0.4, 0.5) is 4.39 Å². The third-order valence-electron chi connectivity index (χ3n) is 3.69. The molecular formula is C15H20FNO2. The predicted octanol–water partition coefficient (Wildman–Crippen LogP) is 2.60. The van der Waals surface area contributed by atoms with Crippen LogP contribution in [0.1, 0.15) is 37.4 Å². The van der Waals surface area contributed by atoms with Gasteiger partial charge >= 0.3 is 5.97 Å². The highest BCUT2D eigenvalue weighted by molar-refractivity contribution is 5.76. The van der Waals surface area contributed by atoms with E-state index in [0.29, 0.717) is 0 Å². The lowest BCUT2D eigenvalue weighted by Gasteiger charge is -2.24. The molecule has 0 spiro atoms. The van der Waals surface area contributed by atoms with Gasteiger partial charge in [-0.15, -0.1) is 0 Å². The van der Waals surface area contributed by atoms with Crippen molar-refractivity contribution >= 4 is 5.97 Å². The molecule has 1 aromatic rings. The van der Waals surface area contributed by atoms with E-state index in [2.05, 4.69) is 5.32 Å². The van der Waals surface area contributed by atoms with Crippen molar-refractivity contribution in [2.75, 3.05) is 7.11 Å². The van der Waals surface area contributed by atoms with Gasteiger partial charge in [0.1, 0.15) is 11.9 Å². The number of esters is 1. The minimum absolute atomic E-state index is 0.0992. The number of ether oxygens (including phenoxy) is 1. The van der Waals surface area contributed by atoms with Crippen LogP contribution < -0.4 is 5.32 Å². The summed E-state index contributed by atoms with van der Waals surface area (Å²) in [5.74, 6) is -0.296. The van der Waals surface area contributed by atoms with E-state index in [0.717, 1.165) is 24.0 Å². The molecule has 19 heavy (non-hydrogen) atoms. The highest BCUT2D eigenvalue weighted by atomic mass is 19.1. The second-order valence-corrected chi connectivity index (χ2v) is 5.35. The Morgan fingerprint density at radius 2 is 2.21 bits per heavy atom. The van der Waals surface area contributed by atoms with Crippen molar-refractivity contribution in [2.45, 2.75) is 38.8 Å². The Bertz CT molecular complexity index is 473. The first kappa shape index (κ1) is 14.0. The van der Waals surface area contributed by atoms with Crippen molar-refractivity contribution in [3.8, 4) is 0 Å².